The zero-order valence-electron chi connectivity index (χ0n) is 9.33. The monoisotopic (exact) mass is 255 g/mol. The molecular weight excluding hydrogens is 246 g/mol. The normalized spacial score (nSPS) is 10.7. The number of rotatable bonds is 3. The number of nitrogens with zero attached hydrogens (tertiary/aromatic N) is 2. The summed E-state index contributed by atoms with van der Waals surface area (Å²) >= 11 is 1.51. The molecule has 0 radical (unpaired) electrons. The van der Waals surface area contributed by atoms with E-state index in [0.717, 1.165) is 5.56 Å². The number of nitrogens with one attached hydrogen (secondary N) is 1. The summed E-state index contributed by atoms with van der Waals surface area (Å²) in [7, 11) is 0. The van der Waals surface area contributed by atoms with Gasteiger partial charge in [-0.15, -0.1) is 0 Å². The lowest BCUT2D eigenvalue weighted by molar-refractivity contribution is -0.112. The Kier molecular flexibility index (Phi) is 3.84. The van der Waals surface area contributed by atoms with Crippen LogP contribution in [0.5, 0.6) is 0 Å². The van der Waals surface area contributed by atoms with Gasteiger partial charge in [-0.25, -0.2) is 4.98 Å². The Labute approximate surface area is 108 Å². The van der Waals surface area contributed by atoms with E-state index in [1.54, 1.807) is 30.5 Å². The number of thiophene rings is 1. The molecule has 2 aromatic heterocycles. The highest BCUT2D eigenvalue weighted by molar-refractivity contribution is 7.08. The van der Waals surface area contributed by atoms with Crippen LogP contribution in [0.4, 0.5) is 5.82 Å². The first-order valence-electron chi connectivity index (χ1n) is 5.16. The number of amides is 1. The molecule has 0 spiro atoms. The molecule has 2 aromatic rings. The van der Waals surface area contributed by atoms with Gasteiger partial charge in [-0.05, 0) is 40.6 Å². The number of carbonyl (C=O) groups is 1. The smallest absolute Gasteiger partial charge is 0.267 e. The van der Waals surface area contributed by atoms with Crippen LogP contribution in [0.3, 0.4) is 0 Å². The van der Waals surface area contributed by atoms with Gasteiger partial charge in [-0.3, -0.25) is 4.79 Å². The second kappa shape index (κ2) is 5.75. The minimum absolute atomic E-state index is 0.0547. The molecular formula is C13H9N3OS. The summed E-state index contributed by atoms with van der Waals surface area (Å²) in [5.74, 6) is -0.0311. The van der Waals surface area contributed by atoms with E-state index in [9.17, 15) is 4.79 Å². The van der Waals surface area contributed by atoms with E-state index in [0.29, 0.717) is 5.82 Å². The van der Waals surface area contributed by atoms with Gasteiger partial charge in [0.05, 0.1) is 0 Å². The molecule has 1 N–H and O–H groups in total. The van der Waals surface area contributed by atoms with Crippen molar-refractivity contribution in [2.45, 2.75) is 0 Å². The van der Waals surface area contributed by atoms with E-state index in [-0.39, 0.29) is 5.57 Å². The third-order valence-electron chi connectivity index (χ3n) is 2.13. The van der Waals surface area contributed by atoms with Gasteiger partial charge in [0.15, 0.2) is 0 Å². The van der Waals surface area contributed by atoms with Crippen molar-refractivity contribution in [1.29, 1.82) is 5.26 Å². The van der Waals surface area contributed by atoms with Crippen LogP contribution in [-0.2, 0) is 4.79 Å². The number of hydrogen-bond acceptors (Lipinski definition) is 4. The minimum Gasteiger partial charge on any atom is -0.306 e. The van der Waals surface area contributed by atoms with Crippen molar-refractivity contribution in [3.8, 4) is 6.07 Å². The van der Waals surface area contributed by atoms with Gasteiger partial charge in [0.25, 0.3) is 5.91 Å². The molecule has 18 heavy (non-hydrogen) atoms. The molecule has 88 valence electrons. The molecule has 5 heteroatoms. The van der Waals surface area contributed by atoms with Crippen molar-refractivity contribution in [3.63, 3.8) is 0 Å². The first-order valence-corrected chi connectivity index (χ1v) is 6.10. The minimum atomic E-state index is -0.456. The maximum atomic E-state index is 11.8. The Morgan fingerprint density at radius 1 is 1.44 bits per heavy atom. The molecule has 1 amide bonds. The van der Waals surface area contributed by atoms with Gasteiger partial charge in [-0.2, -0.15) is 16.6 Å². The maximum Gasteiger partial charge on any atom is 0.267 e. The van der Waals surface area contributed by atoms with Gasteiger partial charge in [0.1, 0.15) is 17.5 Å². The quantitative estimate of drug-likeness (QED) is 0.677. The molecule has 2 heterocycles. The van der Waals surface area contributed by atoms with Gasteiger partial charge >= 0.3 is 0 Å². The third-order valence-corrected chi connectivity index (χ3v) is 2.83. The lowest BCUT2D eigenvalue weighted by Gasteiger charge is -2.01. The Hall–Kier alpha value is -2.45. The van der Waals surface area contributed by atoms with Crippen LogP contribution in [0.25, 0.3) is 6.08 Å². The number of carbonyl (C=O) groups excluding carboxylic acids is 1. The summed E-state index contributed by atoms with van der Waals surface area (Å²) in [4.78, 5) is 15.8. The fraction of sp³-hybridized carbons (Fsp3) is 0. The van der Waals surface area contributed by atoms with Crippen molar-refractivity contribution in [1.82, 2.24) is 4.98 Å². The lowest BCUT2D eigenvalue weighted by Crippen LogP contribution is -2.14. The number of hydrogen-bond donors (Lipinski definition) is 1. The highest BCUT2D eigenvalue weighted by Crippen LogP contribution is 2.12. The standard InChI is InChI=1S/C13H9N3OS/c14-8-11(7-10-4-6-18-9-10)13(17)16-12-3-1-2-5-15-12/h1-7,9H,(H,15,16,17)/b11-7+. The first kappa shape index (κ1) is 12.0. The van der Waals surface area contributed by atoms with E-state index in [4.69, 9.17) is 5.26 Å². The maximum absolute atomic E-state index is 11.8. The summed E-state index contributed by atoms with van der Waals surface area (Å²) in [5.41, 5.74) is 0.895. The zero-order chi connectivity index (χ0) is 12.8. The van der Waals surface area contributed by atoms with Crippen LogP contribution in [0, 0.1) is 11.3 Å². The van der Waals surface area contributed by atoms with Gasteiger partial charge in [0, 0.05) is 6.20 Å². The average Bonchev–Trinajstić information content (AvgIpc) is 2.90. The number of aromatic nitrogens is 1. The largest absolute Gasteiger partial charge is 0.306 e. The fourth-order valence-corrected chi connectivity index (χ4v) is 1.91. The predicted molar refractivity (Wildman–Crippen MR) is 70.8 cm³/mol. The number of nitriles is 1. The fourth-order valence-electron chi connectivity index (χ4n) is 1.29. The summed E-state index contributed by atoms with van der Waals surface area (Å²) in [5, 5.41) is 15.3. The first-order chi connectivity index (χ1) is 8.79. The molecule has 2 rings (SSSR count). The lowest BCUT2D eigenvalue weighted by atomic mass is 10.2. The second-order valence-electron chi connectivity index (χ2n) is 3.40. The van der Waals surface area contributed by atoms with Crippen LogP contribution in [0.1, 0.15) is 5.56 Å². The van der Waals surface area contributed by atoms with Crippen LogP contribution < -0.4 is 5.32 Å². The molecule has 0 saturated carbocycles. The van der Waals surface area contributed by atoms with Crippen LogP contribution in [-0.4, -0.2) is 10.9 Å². The predicted octanol–water partition coefficient (Wildman–Crippen LogP) is 2.69. The van der Waals surface area contributed by atoms with Crippen LogP contribution in [0.15, 0.2) is 46.8 Å². The summed E-state index contributed by atoms with van der Waals surface area (Å²) in [6.45, 7) is 0. The van der Waals surface area contributed by atoms with Gasteiger partial charge in [-0.1, -0.05) is 6.07 Å². The molecule has 0 aromatic carbocycles. The summed E-state index contributed by atoms with van der Waals surface area (Å²) < 4.78 is 0. The van der Waals surface area contributed by atoms with Crippen LogP contribution >= 0.6 is 11.3 Å². The van der Waals surface area contributed by atoms with E-state index >= 15 is 0 Å². The van der Waals surface area contributed by atoms with Crippen LogP contribution in [0.2, 0.25) is 0 Å². The summed E-state index contributed by atoms with van der Waals surface area (Å²) in [6.07, 6.45) is 3.12. The number of pyridine rings is 1. The van der Waals surface area contributed by atoms with E-state index in [2.05, 4.69) is 10.3 Å². The Bertz CT molecular complexity index is 597. The Morgan fingerprint density at radius 2 is 2.33 bits per heavy atom. The van der Waals surface area contributed by atoms with Gasteiger partial charge in [0.2, 0.25) is 0 Å². The molecule has 4 nitrogen and oxygen atoms in total. The van der Waals surface area contributed by atoms with E-state index in [1.807, 2.05) is 22.9 Å². The van der Waals surface area contributed by atoms with E-state index < -0.39 is 5.91 Å². The second-order valence-corrected chi connectivity index (χ2v) is 4.18. The molecule has 0 aliphatic rings. The topological polar surface area (TPSA) is 65.8 Å². The number of anilines is 1. The third kappa shape index (κ3) is 3.03. The van der Waals surface area contributed by atoms with Crippen molar-refractivity contribution in [2.24, 2.45) is 0 Å². The zero-order valence-corrected chi connectivity index (χ0v) is 10.1. The van der Waals surface area contributed by atoms with Crippen molar-refractivity contribution < 1.29 is 4.79 Å². The molecule has 0 atom stereocenters. The van der Waals surface area contributed by atoms with Crippen molar-refractivity contribution in [2.75, 3.05) is 5.32 Å². The van der Waals surface area contributed by atoms with Crippen molar-refractivity contribution in [3.05, 3.63) is 52.4 Å². The average molecular weight is 255 g/mol. The molecule has 0 bridgehead atoms. The highest BCUT2D eigenvalue weighted by atomic mass is 32.1. The highest BCUT2D eigenvalue weighted by Gasteiger charge is 2.09. The molecule has 0 unspecified atom stereocenters. The Morgan fingerprint density at radius 3 is 2.94 bits per heavy atom. The van der Waals surface area contributed by atoms with Gasteiger partial charge < -0.3 is 5.32 Å². The Balaban J connectivity index is 2.15. The molecule has 0 fully saturated rings. The van der Waals surface area contributed by atoms with Crippen molar-refractivity contribution >= 4 is 29.1 Å². The van der Waals surface area contributed by atoms with E-state index in [1.165, 1.54) is 11.3 Å². The molecule has 0 aliphatic heterocycles. The molecule has 0 saturated heterocycles. The SMILES string of the molecule is N#C/C(=C\c1ccsc1)C(=O)Nc1ccccn1. The summed E-state index contributed by atoms with van der Waals surface area (Å²) in [6, 6.07) is 8.91. The molecule has 0 aliphatic carbocycles.